The van der Waals surface area contributed by atoms with Gasteiger partial charge in [-0.15, -0.1) is 0 Å². The van der Waals surface area contributed by atoms with Crippen molar-refractivity contribution in [2.75, 3.05) is 0 Å². The van der Waals surface area contributed by atoms with E-state index in [0.717, 1.165) is 0 Å². The number of aromatic nitrogens is 3. The normalized spacial score (nSPS) is 11.4. The Balaban J connectivity index is 2.85. The van der Waals surface area contributed by atoms with Crippen LogP contribution in [-0.2, 0) is 0 Å². The largest absolute Gasteiger partial charge is 0.325 e. The van der Waals surface area contributed by atoms with Crippen molar-refractivity contribution in [3.63, 3.8) is 0 Å². The molecule has 0 saturated heterocycles. The summed E-state index contributed by atoms with van der Waals surface area (Å²) in [6.07, 6.45) is 0. The first-order valence-corrected chi connectivity index (χ1v) is 6.01. The second kappa shape index (κ2) is 4.88. The minimum absolute atomic E-state index is 0.148. The number of imidazole rings is 1. The highest BCUT2D eigenvalue weighted by atomic mass is 19.2. The zero-order valence-electron chi connectivity index (χ0n) is 11.4. The maximum Gasteiger partial charge on any atom is 0.252 e. The van der Waals surface area contributed by atoms with Gasteiger partial charge >= 0.3 is 0 Å². The van der Waals surface area contributed by atoms with Crippen LogP contribution in [0.1, 0.15) is 31.3 Å². The minimum Gasteiger partial charge on any atom is -0.325 e. The molecule has 2 aromatic heterocycles. The molecule has 3 nitrogen and oxygen atoms in total. The zero-order valence-corrected chi connectivity index (χ0v) is 11.4. The molecule has 0 N–H and O–H groups in total. The smallest absolute Gasteiger partial charge is 0.252 e. The Morgan fingerprint density at radius 3 is 1.85 bits per heavy atom. The number of halogens is 4. The van der Waals surface area contributed by atoms with Gasteiger partial charge in [-0.25, -0.2) is 13.8 Å². The second-order valence-electron chi connectivity index (χ2n) is 4.77. The van der Waals surface area contributed by atoms with Gasteiger partial charge < -0.3 is 4.57 Å². The molecular weight excluding hydrogens is 274 g/mol. The lowest BCUT2D eigenvalue weighted by Gasteiger charge is -2.15. The van der Waals surface area contributed by atoms with E-state index in [2.05, 4.69) is 9.97 Å². The molecule has 0 aliphatic carbocycles. The van der Waals surface area contributed by atoms with E-state index in [-0.39, 0.29) is 11.9 Å². The number of rotatable bonds is 2. The van der Waals surface area contributed by atoms with Crippen molar-refractivity contribution in [2.45, 2.75) is 33.7 Å². The van der Waals surface area contributed by atoms with Crippen molar-refractivity contribution in [3.8, 4) is 11.4 Å². The molecule has 7 heteroatoms. The number of nitrogens with zero attached hydrogens (tertiary/aromatic N) is 3. The van der Waals surface area contributed by atoms with E-state index in [1.165, 1.54) is 4.57 Å². The third kappa shape index (κ3) is 2.07. The van der Waals surface area contributed by atoms with Crippen LogP contribution in [0.15, 0.2) is 0 Å². The number of hydrogen-bond donors (Lipinski definition) is 0. The van der Waals surface area contributed by atoms with Gasteiger partial charge in [-0.1, -0.05) is 0 Å². The summed E-state index contributed by atoms with van der Waals surface area (Å²) in [6.45, 7) is 6.93. The number of hydrogen-bond acceptors (Lipinski definition) is 2. The molecule has 0 aliphatic rings. The van der Waals surface area contributed by atoms with Gasteiger partial charge in [0.2, 0.25) is 0 Å². The fourth-order valence-corrected chi connectivity index (χ4v) is 2.12. The summed E-state index contributed by atoms with van der Waals surface area (Å²) in [5, 5.41) is 0. The summed E-state index contributed by atoms with van der Waals surface area (Å²) in [5.41, 5.74) is 0.372. The summed E-state index contributed by atoms with van der Waals surface area (Å²) >= 11 is 0. The van der Waals surface area contributed by atoms with Crippen molar-refractivity contribution in [2.24, 2.45) is 0 Å². The average Bonchev–Trinajstić information content (AvgIpc) is 2.63. The molecule has 0 aliphatic heterocycles. The predicted octanol–water partition coefficient (Wildman–Crippen LogP) is 3.70. The molecule has 0 fully saturated rings. The van der Waals surface area contributed by atoms with Crippen LogP contribution in [0.25, 0.3) is 11.4 Å². The summed E-state index contributed by atoms with van der Waals surface area (Å²) in [7, 11) is 0. The van der Waals surface area contributed by atoms with E-state index in [1.54, 1.807) is 27.7 Å². The van der Waals surface area contributed by atoms with Gasteiger partial charge in [0.05, 0.1) is 11.3 Å². The van der Waals surface area contributed by atoms with Crippen molar-refractivity contribution in [1.29, 1.82) is 0 Å². The van der Waals surface area contributed by atoms with Gasteiger partial charge in [0, 0.05) is 11.7 Å². The Morgan fingerprint density at radius 1 is 0.900 bits per heavy atom. The van der Waals surface area contributed by atoms with E-state index in [9.17, 15) is 17.6 Å². The monoisotopic (exact) mass is 287 g/mol. The molecule has 0 bridgehead atoms. The van der Waals surface area contributed by atoms with E-state index in [1.807, 2.05) is 0 Å². The predicted molar refractivity (Wildman–Crippen MR) is 65.1 cm³/mol. The first kappa shape index (κ1) is 14.5. The highest BCUT2D eigenvalue weighted by Crippen LogP contribution is 2.31. The van der Waals surface area contributed by atoms with Crippen LogP contribution in [0.2, 0.25) is 0 Å². The Kier molecular flexibility index (Phi) is 3.54. The molecule has 0 spiro atoms. The molecule has 108 valence electrons. The maximum atomic E-state index is 13.8. The molecule has 0 amide bonds. The van der Waals surface area contributed by atoms with Gasteiger partial charge in [-0.3, -0.25) is 0 Å². The summed E-state index contributed by atoms with van der Waals surface area (Å²) in [5.74, 6) is -6.61. The fourth-order valence-electron chi connectivity index (χ4n) is 2.12. The third-order valence-electron chi connectivity index (χ3n) is 3.12. The quantitative estimate of drug-likeness (QED) is 0.623. The van der Waals surface area contributed by atoms with Crippen LogP contribution in [-0.4, -0.2) is 14.5 Å². The van der Waals surface area contributed by atoms with Crippen LogP contribution in [0.5, 0.6) is 0 Å². The SMILES string of the molecule is Cc1nc(-c2c(F)c(F)nc(F)c2F)n(C(C)C)c1C. The lowest BCUT2D eigenvalue weighted by atomic mass is 10.2. The maximum absolute atomic E-state index is 13.8. The molecule has 0 radical (unpaired) electrons. The lowest BCUT2D eigenvalue weighted by Crippen LogP contribution is -2.10. The molecule has 2 heterocycles. The Bertz CT molecular complexity index is 651. The van der Waals surface area contributed by atoms with Crippen molar-refractivity contribution in [3.05, 3.63) is 34.9 Å². The number of aryl methyl sites for hydroxylation is 1. The van der Waals surface area contributed by atoms with Crippen molar-refractivity contribution in [1.82, 2.24) is 14.5 Å². The summed E-state index contributed by atoms with van der Waals surface area (Å²) < 4.78 is 55.6. The molecular formula is C13H13F4N3. The third-order valence-corrected chi connectivity index (χ3v) is 3.12. The first-order valence-electron chi connectivity index (χ1n) is 6.01. The van der Waals surface area contributed by atoms with Crippen LogP contribution in [0.4, 0.5) is 17.6 Å². The Morgan fingerprint density at radius 2 is 1.40 bits per heavy atom. The molecule has 0 saturated carbocycles. The number of pyridine rings is 1. The molecule has 2 rings (SSSR count). The highest BCUT2D eigenvalue weighted by Gasteiger charge is 2.27. The topological polar surface area (TPSA) is 30.7 Å². The standard InChI is InChI=1S/C13H13F4N3/c1-5(2)20-7(4)6(3)18-13(20)8-9(14)11(16)19-12(17)10(8)15/h5H,1-4H3. The second-order valence-corrected chi connectivity index (χ2v) is 4.77. The van der Waals surface area contributed by atoms with Gasteiger partial charge in [0.15, 0.2) is 11.6 Å². The Labute approximate surface area is 113 Å². The van der Waals surface area contributed by atoms with E-state index >= 15 is 0 Å². The van der Waals surface area contributed by atoms with Gasteiger partial charge in [-0.2, -0.15) is 13.8 Å². The van der Waals surface area contributed by atoms with E-state index in [0.29, 0.717) is 11.4 Å². The fraction of sp³-hybridized carbons (Fsp3) is 0.385. The zero-order chi connectivity index (χ0) is 15.2. The molecule has 0 atom stereocenters. The lowest BCUT2D eigenvalue weighted by molar-refractivity contribution is 0.408. The minimum atomic E-state index is -1.69. The van der Waals surface area contributed by atoms with Gasteiger partial charge in [0.25, 0.3) is 11.9 Å². The molecule has 20 heavy (non-hydrogen) atoms. The summed E-state index contributed by atoms with van der Waals surface area (Å²) in [4.78, 5) is 6.57. The molecule has 2 aromatic rings. The van der Waals surface area contributed by atoms with E-state index in [4.69, 9.17) is 0 Å². The highest BCUT2D eigenvalue weighted by molar-refractivity contribution is 5.58. The summed E-state index contributed by atoms with van der Waals surface area (Å²) in [6, 6.07) is -0.177. The van der Waals surface area contributed by atoms with Crippen LogP contribution < -0.4 is 0 Å². The van der Waals surface area contributed by atoms with E-state index < -0.39 is 29.1 Å². The Hall–Kier alpha value is -1.92. The molecule has 0 aromatic carbocycles. The van der Waals surface area contributed by atoms with Gasteiger partial charge in [0.1, 0.15) is 5.82 Å². The average molecular weight is 287 g/mol. The van der Waals surface area contributed by atoms with Crippen LogP contribution in [0.3, 0.4) is 0 Å². The van der Waals surface area contributed by atoms with Crippen LogP contribution >= 0.6 is 0 Å². The van der Waals surface area contributed by atoms with Gasteiger partial charge in [-0.05, 0) is 27.7 Å². The first-order chi connectivity index (χ1) is 9.25. The van der Waals surface area contributed by atoms with Crippen molar-refractivity contribution >= 4 is 0 Å². The van der Waals surface area contributed by atoms with Crippen LogP contribution in [0, 0.1) is 37.4 Å². The van der Waals surface area contributed by atoms with Crippen molar-refractivity contribution < 1.29 is 17.6 Å². The molecule has 0 unspecified atom stereocenters.